The van der Waals surface area contributed by atoms with E-state index >= 15 is 0 Å². The highest BCUT2D eigenvalue weighted by Crippen LogP contribution is 2.23. The van der Waals surface area contributed by atoms with Crippen LogP contribution in [0, 0.1) is 0 Å². The number of para-hydroxylation sites is 1. The minimum absolute atomic E-state index is 0.0295. The molecule has 1 aromatic carbocycles. The average molecular weight is 316 g/mol. The maximum Gasteiger partial charge on any atom is 0.323 e. The number of nitrogens with zero attached hydrogens (tertiary/aromatic N) is 1. The Hall–Kier alpha value is -2.28. The molecular weight excluding hydrogens is 302 g/mol. The van der Waals surface area contributed by atoms with Crippen LogP contribution in [0.1, 0.15) is 6.42 Å². The van der Waals surface area contributed by atoms with Gasteiger partial charge in [-0.2, -0.15) is 0 Å². The van der Waals surface area contributed by atoms with Crippen LogP contribution >= 0.6 is 11.6 Å². The summed E-state index contributed by atoms with van der Waals surface area (Å²) < 4.78 is 5.29. The van der Waals surface area contributed by atoms with Crippen molar-refractivity contribution in [2.75, 3.05) is 19.7 Å². The third kappa shape index (κ3) is 6.13. The second-order valence-electron chi connectivity index (χ2n) is 4.07. The van der Waals surface area contributed by atoms with Crippen LogP contribution < -0.4 is 4.74 Å². The first-order valence-corrected chi connectivity index (χ1v) is 6.36. The Bertz CT molecular complexity index is 517. The molecule has 1 amide bonds. The summed E-state index contributed by atoms with van der Waals surface area (Å²) in [6, 6.07) is 6.69. The summed E-state index contributed by atoms with van der Waals surface area (Å²) in [4.78, 5) is 33.7. The van der Waals surface area contributed by atoms with E-state index in [0.29, 0.717) is 10.8 Å². The summed E-state index contributed by atoms with van der Waals surface area (Å²) in [5, 5.41) is 17.7. The highest BCUT2D eigenvalue weighted by molar-refractivity contribution is 6.32. The summed E-state index contributed by atoms with van der Waals surface area (Å²) in [5.41, 5.74) is 0. The molecule has 114 valence electrons. The van der Waals surface area contributed by atoms with Crippen molar-refractivity contribution < 1.29 is 29.3 Å². The zero-order valence-electron chi connectivity index (χ0n) is 11.0. The smallest absolute Gasteiger partial charge is 0.323 e. The third-order valence-corrected chi connectivity index (χ3v) is 2.73. The minimum atomic E-state index is -1.28. The fraction of sp³-hybridized carbons (Fsp3) is 0.308. The Morgan fingerprint density at radius 2 is 1.67 bits per heavy atom. The van der Waals surface area contributed by atoms with Gasteiger partial charge in [0.1, 0.15) is 18.8 Å². The van der Waals surface area contributed by atoms with Gasteiger partial charge in [0.15, 0.2) is 0 Å². The van der Waals surface area contributed by atoms with E-state index in [0.717, 1.165) is 4.90 Å². The average Bonchev–Trinajstić information content (AvgIpc) is 2.39. The maximum atomic E-state index is 11.8. The Morgan fingerprint density at radius 3 is 2.19 bits per heavy atom. The summed E-state index contributed by atoms with van der Waals surface area (Å²) in [6.07, 6.45) is -0.147. The molecule has 0 aliphatic rings. The molecule has 21 heavy (non-hydrogen) atoms. The SMILES string of the molecule is O=C(O)CN(CC(=O)O)C(=O)CCOc1ccccc1Cl. The van der Waals surface area contributed by atoms with Crippen molar-refractivity contribution in [2.45, 2.75) is 6.42 Å². The molecule has 1 rings (SSSR count). The van der Waals surface area contributed by atoms with Gasteiger partial charge in [0.05, 0.1) is 18.1 Å². The predicted octanol–water partition coefficient (Wildman–Crippen LogP) is 1.11. The third-order valence-electron chi connectivity index (χ3n) is 2.42. The lowest BCUT2D eigenvalue weighted by Gasteiger charge is -2.18. The van der Waals surface area contributed by atoms with Crippen molar-refractivity contribution in [2.24, 2.45) is 0 Å². The molecule has 0 saturated heterocycles. The number of aliphatic carboxylic acids is 2. The molecule has 0 saturated carbocycles. The van der Waals surface area contributed by atoms with Crippen LogP contribution in [0.3, 0.4) is 0 Å². The lowest BCUT2D eigenvalue weighted by molar-refractivity contribution is -0.149. The van der Waals surface area contributed by atoms with Crippen molar-refractivity contribution in [1.82, 2.24) is 4.90 Å². The monoisotopic (exact) mass is 315 g/mol. The highest BCUT2D eigenvalue weighted by atomic mass is 35.5. The molecular formula is C13H14ClNO6. The van der Waals surface area contributed by atoms with Gasteiger partial charge in [-0.15, -0.1) is 0 Å². The lowest BCUT2D eigenvalue weighted by atomic mass is 10.3. The Kier molecular flexibility index (Phi) is 6.48. The number of amides is 1. The first kappa shape index (κ1) is 16.8. The number of carbonyl (C=O) groups is 3. The van der Waals surface area contributed by atoms with Gasteiger partial charge in [-0.25, -0.2) is 0 Å². The first-order chi connectivity index (χ1) is 9.90. The van der Waals surface area contributed by atoms with E-state index in [2.05, 4.69) is 0 Å². The molecule has 8 heteroatoms. The van der Waals surface area contributed by atoms with Crippen LogP contribution in [0.15, 0.2) is 24.3 Å². The van der Waals surface area contributed by atoms with Crippen LogP contribution in [-0.4, -0.2) is 52.7 Å². The van der Waals surface area contributed by atoms with Gasteiger partial charge in [-0.3, -0.25) is 14.4 Å². The second-order valence-corrected chi connectivity index (χ2v) is 4.47. The molecule has 0 heterocycles. The molecule has 0 unspecified atom stereocenters. The van der Waals surface area contributed by atoms with E-state index in [1.807, 2.05) is 0 Å². The van der Waals surface area contributed by atoms with Gasteiger partial charge in [0, 0.05) is 0 Å². The van der Waals surface area contributed by atoms with Gasteiger partial charge in [-0.05, 0) is 12.1 Å². The molecule has 0 aliphatic carbocycles. The quantitative estimate of drug-likeness (QED) is 0.744. The van der Waals surface area contributed by atoms with Crippen molar-refractivity contribution in [3.05, 3.63) is 29.3 Å². The maximum absolute atomic E-state index is 11.8. The Balaban J connectivity index is 2.51. The standard InChI is InChI=1S/C13H14ClNO6/c14-9-3-1-2-4-10(9)21-6-5-11(16)15(7-12(17)18)8-13(19)20/h1-4H,5-8H2,(H,17,18)(H,19,20). The van der Waals surface area contributed by atoms with Gasteiger partial charge < -0.3 is 19.8 Å². The first-order valence-electron chi connectivity index (χ1n) is 5.99. The molecule has 0 bridgehead atoms. The summed E-state index contributed by atoms with van der Waals surface area (Å²) in [7, 11) is 0. The number of carboxylic acid groups (broad SMARTS) is 2. The van der Waals surface area contributed by atoms with E-state index in [4.69, 9.17) is 26.6 Å². The fourth-order valence-electron chi connectivity index (χ4n) is 1.53. The van der Waals surface area contributed by atoms with E-state index in [1.165, 1.54) is 0 Å². The number of ether oxygens (including phenoxy) is 1. The largest absolute Gasteiger partial charge is 0.491 e. The molecule has 0 radical (unpaired) electrons. The molecule has 0 atom stereocenters. The second kappa shape index (κ2) is 8.11. The number of halogens is 1. The van der Waals surface area contributed by atoms with E-state index in [9.17, 15) is 14.4 Å². The number of hydrogen-bond acceptors (Lipinski definition) is 4. The van der Waals surface area contributed by atoms with Crippen LogP contribution in [0.4, 0.5) is 0 Å². The molecule has 0 fully saturated rings. The number of rotatable bonds is 8. The van der Waals surface area contributed by atoms with Crippen molar-refractivity contribution in [3.8, 4) is 5.75 Å². The van der Waals surface area contributed by atoms with Crippen molar-refractivity contribution >= 4 is 29.4 Å². The molecule has 2 N–H and O–H groups in total. The molecule has 0 aliphatic heterocycles. The van der Waals surface area contributed by atoms with Gasteiger partial charge in [0.2, 0.25) is 5.91 Å². The fourth-order valence-corrected chi connectivity index (χ4v) is 1.72. The van der Waals surface area contributed by atoms with Gasteiger partial charge in [0.25, 0.3) is 0 Å². The lowest BCUT2D eigenvalue weighted by Crippen LogP contribution is -2.39. The molecule has 1 aromatic rings. The van der Waals surface area contributed by atoms with Crippen molar-refractivity contribution in [3.63, 3.8) is 0 Å². The van der Waals surface area contributed by atoms with Gasteiger partial charge >= 0.3 is 11.9 Å². The molecule has 0 spiro atoms. The van der Waals surface area contributed by atoms with Crippen LogP contribution in [-0.2, 0) is 14.4 Å². The zero-order chi connectivity index (χ0) is 15.8. The van der Waals surface area contributed by atoms with Crippen LogP contribution in [0.5, 0.6) is 5.75 Å². The number of hydrogen-bond donors (Lipinski definition) is 2. The van der Waals surface area contributed by atoms with E-state index in [-0.39, 0.29) is 13.0 Å². The van der Waals surface area contributed by atoms with Crippen LogP contribution in [0.25, 0.3) is 0 Å². The predicted molar refractivity (Wildman–Crippen MR) is 73.4 cm³/mol. The number of benzene rings is 1. The zero-order valence-corrected chi connectivity index (χ0v) is 11.7. The topological polar surface area (TPSA) is 104 Å². The van der Waals surface area contributed by atoms with Crippen molar-refractivity contribution in [1.29, 1.82) is 0 Å². The summed E-state index contributed by atoms with van der Waals surface area (Å²) in [5.74, 6) is -2.78. The van der Waals surface area contributed by atoms with E-state index < -0.39 is 30.9 Å². The number of carbonyl (C=O) groups excluding carboxylic acids is 1. The minimum Gasteiger partial charge on any atom is -0.491 e. The normalized spacial score (nSPS) is 9.95. The van der Waals surface area contributed by atoms with Gasteiger partial charge in [-0.1, -0.05) is 23.7 Å². The highest BCUT2D eigenvalue weighted by Gasteiger charge is 2.19. The molecule has 0 aromatic heterocycles. The van der Waals surface area contributed by atoms with E-state index in [1.54, 1.807) is 24.3 Å². The molecule has 7 nitrogen and oxygen atoms in total. The van der Waals surface area contributed by atoms with Crippen LogP contribution in [0.2, 0.25) is 5.02 Å². The summed E-state index contributed by atoms with van der Waals surface area (Å²) in [6.45, 7) is -1.37. The Morgan fingerprint density at radius 1 is 1.10 bits per heavy atom. The summed E-state index contributed by atoms with van der Waals surface area (Å²) >= 11 is 5.86. The Labute approximate surface area is 125 Å². The number of carboxylic acids is 2.